The van der Waals surface area contributed by atoms with Gasteiger partial charge in [0.15, 0.2) is 0 Å². The van der Waals surface area contributed by atoms with E-state index in [1.807, 2.05) is 18.2 Å². The lowest BCUT2D eigenvalue weighted by Gasteiger charge is -2.31. The Labute approximate surface area is 202 Å². The van der Waals surface area contributed by atoms with Crippen molar-refractivity contribution in [1.29, 1.82) is 0 Å². The van der Waals surface area contributed by atoms with Crippen LogP contribution in [-0.4, -0.2) is 39.7 Å². The lowest BCUT2D eigenvalue weighted by Crippen LogP contribution is -2.49. The standard InChI is InChI=1S/C28H35N3O3/c1-18(2)30(19(3)4)15-21-10-12-22(13-11-21)17-34-26-8-6-7-23-24(26)16-31(28(23)33)25-14-9-20(5)29-27(25)32/h6-8,10-13,18-19,25H,5,9,14-17H2,1-4H3,(H,29,32). The zero-order chi connectivity index (χ0) is 24.4. The molecule has 0 bridgehead atoms. The minimum Gasteiger partial charge on any atom is -0.489 e. The van der Waals surface area contributed by atoms with E-state index in [1.165, 1.54) is 5.56 Å². The van der Waals surface area contributed by atoms with Gasteiger partial charge in [0.05, 0.1) is 6.54 Å². The second-order valence-electron chi connectivity index (χ2n) is 9.83. The quantitative estimate of drug-likeness (QED) is 0.623. The van der Waals surface area contributed by atoms with Crippen molar-refractivity contribution in [2.24, 2.45) is 0 Å². The van der Waals surface area contributed by atoms with Crippen LogP contribution in [0.3, 0.4) is 0 Å². The van der Waals surface area contributed by atoms with E-state index in [-0.39, 0.29) is 11.8 Å². The normalized spacial score (nSPS) is 18.1. The molecular weight excluding hydrogens is 426 g/mol. The summed E-state index contributed by atoms with van der Waals surface area (Å²) in [6.45, 7) is 14.5. The average molecular weight is 462 g/mol. The van der Waals surface area contributed by atoms with Crippen LogP contribution >= 0.6 is 0 Å². The number of piperidine rings is 1. The summed E-state index contributed by atoms with van der Waals surface area (Å²) in [5.74, 6) is 0.426. The summed E-state index contributed by atoms with van der Waals surface area (Å²) in [5, 5.41) is 2.78. The summed E-state index contributed by atoms with van der Waals surface area (Å²) < 4.78 is 6.16. The fraction of sp³-hybridized carbons (Fsp3) is 0.429. The number of ether oxygens (including phenoxy) is 1. The predicted molar refractivity (Wildman–Crippen MR) is 133 cm³/mol. The molecule has 0 spiro atoms. The Hall–Kier alpha value is -3.12. The summed E-state index contributed by atoms with van der Waals surface area (Å²) in [6.07, 6.45) is 1.28. The number of nitrogens with zero attached hydrogens (tertiary/aromatic N) is 2. The average Bonchev–Trinajstić information content (AvgIpc) is 3.13. The van der Waals surface area contributed by atoms with Gasteiger partial charge in [-0.05, 0) is 63.8 Å². The van der Waals surface area contributed by atoms with E-state index in [9.17, 15) is 9.59 Å². The van der Waals surface area contributed by atoms with Crippen LogP contribution in [0.25, 0.3) is 0 Å². The zero-order valence-corrected chi connectivity index (χ0v) is 20.6. The number of nitrogens with one attached hydrogen (secondary N) is 1. The molecule has 2 aromatic carbocycles. The lowest BCUT2D eigenvalue weighted by molar-refractivity contribution is -0.126. The maximum Gasteiger partial charge on any atom is 0.255 e. The Balaban J connectivity index is 1.42. The molecule has 2 amide bonds. The third-order valence-corrected chi connectivity index (χ3v) is 6.76. The van der Waals surface area contributed by atoms with Crippen molar-refractivity contribution in [2.75, 3.05) is 0 Å². The molecule has 2 heterocycles. The Morgan fingerprint density at radius 3 is 2.38 bits per heavy atom. The third-order valence-electron chi connectivity index (χ3n) is 6.76. The highest BCUT2D eigenvalue weighted by Crippen LogP contribution is 2.34. The molecule has 2 aliphatic heterocycles. The molecule has 1 saturated heterocycles. The first-order chi connectivity index (χ1) is 16.2. The van der Waals surface area contributed by atoms with E-state index in [0.29, 0.717) is 55.1 Å². The molecule has 0 aromatic heterocycles. The number of hydrogen-bond donors (Lipinski definition) is 1. The minimum atomic E-state index is -0.470. The molecule has 1 N–H and O–H groups in total. The van der Waals surface area contributed by atoms with Gasteiger partial charge in [-0.3, -0.25) is 14.5 Å². The molecule has 1 atom stereocenters. The number of amides is 2. The van der Waals surface area contributed by atoms with Crippen LogP contribution in [0.1, 0.15) is 67.6 Å². The van der Waals surface area contributed by atoms with E-state index in [1.54, 1.807) is 4.90 Å². The number of allylic oxidation sites excluding steroid dienone is 1. The first-order valence-corrected chi connectivity index (χ1v) is 12.1. The second-order valence-corrected chi connectivity index (χ2v) is 9.83. The van der Waals surface area contributed by atoms with Crippen molar-refractivity contribution >= 4 is 11.8 Å². The van der Waals surface area contributed by atoms with Crippen LogP contribution in [0, 0.1) is 0 Å². The maximum absolute atomic E-state index is 13.0. The van der Waals surface area contributed by atoms with E-state index in [4.69, 9.17) is 4.74 Å². The number of benzene rings is 2. The van der Waals surface area contributed by atoms with Crippen LogP contribution in [0.15, 0.2) is 54.7 Å². The first kappa shape index (κ1) is 24.0. The molecule has 0 aliphatic carbocycles. The van der Waals surface area contributed by atoms with Gasteiger partial charge in [0, 0.05) is 35.5 Å². The molecular formula is C28H35N3O3. The number of rotatable bonds is 8. The molecule has 34 heavy (non-hydrogen) atoms. The van der Waals surface area contributed by atoms with E-state index in [2.05, 4.69) is 68.8 Å². The van der Waals surface area contributed by atoms with Gasteiger partial charge >= 0.3 is 0 Å². The molecule has 0 radical (unpaired) electrons. The van der Waals surface area contributed by atoms with E-state index in [0.717, 1.165) is 17.7 Å². The summed E-state index contributed by atoms with van der Waals surface area (Å²) in [6, 6.07) is 14.6. The molecule has 2 aromatic rings. The zero-order valence-electron chi connectivity index (χ0n) is 20.6. The molecule has 0 saturated carbocycles. The summed E-state index contributed by atoms with van der Waals surface area (Å²) in [5.41, 5.74) is 4.54. The van der Waals surface area contributed by atoms with Gasteiger partial charge in [-0.2, -0.15) is 0 Å². The predicted octanol–water partition coefficient (Wildman–Crippen LogP) is 4.63. The molecule has 2 aliphatic rings. The largest absolute Gasteiger partial charge is 0.489 e. The van der Waals surface area contributed by atoms with Gasteiger partial charge in [0.2, 0.25) is 5.91 Å². The molecule has 1 fully saturated rings. The van der Waals surface area contributed by atoms with Crippen LogP contribution in [0.2, 0.25) is 0 Å². The van der Waals surface area contributed by atoms with Crippen LogP contribution < -0.4 is 10.1 Å². The van der Waals surface area contributed by atoms with E-state index < -0.39 is 6.04 Å². The summed E-state index contributed by atoms with van der Waals surface area (Å²) in [4.78, 5) is 29.6. The molecule has 6 heteroatoms. The van der Waals surface area contributed by atoms with Crippen LogP contribution in [0.5, 0.6) is 5.75 Å². The van der Waals surface area contributed by atoms with Crippen molar-refractivity contribution in [3.63, 3.8) is 0 Å². The highest BCUT2D eigenvalue weighted by atomic mass is 16.5. The number of carbonyl (C=O) groups excluding carboxylic acids is 2. The maximum atomic E-state index is 13.0. The molecule has 1 unspecified atom stereocenters. The monoisotopic (exact) mass is 461 g/mol. The summed E-state index contributed by atoms with van der Waals surface area (Å²) >= 11 is 0. The van der Waals surface area contributed by atoms with Crippen molar-refractivity contribution in [3.8, 4) is 5.75 Å². The molecule has 180 valence electrons. The van der Waals surface area contributed by atoms with Gasteiger partial charge in [-0.1, -0.05) is 36.9 Å². The highest BCUT2D eigenvalue weighted by molar-refractivity contribution is 6.02. The molecule has 4 rings (SSSR count). The number of fused-ring (bicyclic) bond motifs is 1. The van der Waals surface area contributed by atoms with Gasteiger partial charge < -0.3 is 15.0 Å². The Morgan fingerprint density at radius 1 is 1.06 bits per heavy atom. The van der Waals surface area contributed by atoms with Crippen molar-refractivity contribution in [3.05, 3.63) is 77.0 Å². The summed E-state index contributed by atoms with van der Waals surface area (Å²) in [7, 11) is 0. The van der Waals surface area contributed by atoms with Gasteiger partial charge in [-0.15, -0.1) is 0 Å². The smallest absolute Gasteiger partial charge is 0.255 e. The van der Waals surface area contributed by atoms with Gasteiger partial charge in [0.25, 0.3) is 5.91 Å². The van der Waals surface area contributed by atoms with Gasteiger partial charge in [0.1, 0.15) is 18.4 Å². The van der Waals surface area contributed by atoms with Crippen molar-refractivity contribution in [2.45, 2.75) is 78.4 Å². The minimum absolute atomic E-state index is 0.114. The first-order valence-electron chi connectivity index (χ1n) is 12.1. The second kappa shape index (κ2) is 10.0. The number of hydrogen-bond acceptors (Lipinski definition) is 4. The van der Waals surface area contributed by atoms with Crippen LogP contribution in [0.4, 0.5) is 0 Å². The highest BCUT2D eigenvalue weighted by Gasteiger charge is 2.39. The third kappa shape index (κ3) is 5.02. The lowest BCUT2D eigenvalue weighted by atomic mass is 10.0. The Kier molecular flexibility index (Phi) is 7.08. The van der Waals surface area contributed by atoms with Crippen molar-refractivity contribution < 1.29 is 14.3 Å². The topological polar surface area (TPSA) is 61.9 Å². The van der Waals surface area contributed by atoms with Crippen molar-refractivity contribution in [1.82, 2.24) is 15.1 Å². The SMILES string of the molecule is C=C1CCC(N2Cc3c(OCc4ccc(CN(C(C)C)C(C)C)cc4)cccc3C2=O)C(=O)N1. The number of carbonyl (C=O) groups is 2. The Bertz CT molecular complexity index is 1070. The fourth-order valence-corrected chi connectivity index (χ4v) is 4.85. The van der Waals surface area contributed by atoms with Crippen LogP contribution in [-0.2, 0) is 24.5 Å². The van der Waals surface area contributed by atoms with Gasteiger partial charge in [-0.25, -0.2) is 0 Å². The fourth-order valence-electron chi connectivity index (χ4n) is 4.85. The van der Waals surface area contributed by atoms with E-state index >= 15 is 0 Å². The Morgan fingerprint density at radius 2 is 1.74 bits per heavy atom. The molecule has 6 nitrogen and oxygen atoms in total.